The van der Waals surface area contributed by atoms with Gasteiger partial charge in [0.1, 0.15) is 9.38 Å². The molecule has 0 unspecified atom stereocenters. The Morgan fingerprint density at radius 2 is 1.64 bits per heavy atom. The fourth-order valence-electron chi connectivity index (χ4n) is 3.76. The number of rotatable bonds is 8. The number of halogens is 1. The van der Waals surface area contributed by atoms with Crippen molar-refractivity contribution in [3.63, 3.8) is 0 Å². The summed E-state index contributed by atoms with van der Waals surface area (Å²) in [6.45, 7) is 2.22. The zero-order chi connectivity index (χ0) is 22.9. The molecule has 0 saturated carbocycles. The van der Waals surface area contributed by atoms with E-state index in [0.29, 0.717) is 5.75 Å². The van der Waals surface area contributed by atoms with Crippen LogP contribution in [0.25, 0.3) is 9.66 Å². The van der Waals surface area contributed by atoms with E-state index in [4.69, 9.17) is 4.99 Å². The van der Waals surface area contributed by atoms with E-state index in [-0.39, 0.29) is 0 Å². The molecule has 0 aliphatic carbocycles. The molecule has 2 nitrogen and oxygen atoms in total. The molecule has 4 rings (SSSR count). The lowest BCUT2D eigenvalue weighted by atomic mass is 10.1. The van der Waals surface area contributed by atoms with Crippen molar-refractivity contribution in [3.05, 3.63) is 113 Å². The molecule has 3 aromatic carbocycles. The molecule has 33 heavy (non-hydrogen) atoms. The quantitative estimate of drug-likeness (QED) is 0.223. The Hall–Kier alpha value is -2.79. The first-order chi connectivity index (χ1) is 16.2. The first kappa shape index (κ1) is 23.4. The van der Waals surface area contributed by atoms with Crippen LogP contribution in [0.5, 0.6) is 5.75 Å². The van der Waals surface area contributed by atoms with Crippen LogP contribution in [-0.4, -0.2) is 14.5 Å². The summed E-state index contributed by atoms with van der Waals surface area (Å²) in [6.07, 6.45) is 12.2. The maximum absolute atomic E-state index is 11.0. The fraction of sp³-hybridized carbons (Fsp3) is 0.200. The lowest BCUT2D eigenvalue weighted by Gasteiger charge is -2.09. The highest BCUT2D eigenvalue weighted by Gasteiger charge is 2.15. The van der Waals surface area contributed by atoms with Crippen molar-refractivity contribution in [1.82, 2.24) is 0 Å². The van der Waals surface area contributed by atoms with E-state index in [0.717, 1.165) is 38.9 Å². The maximum atomic E-state index is 11.0. The topological polar surface area (TPSA) is 32.6 Å². The normalized spacial score (nSPS) is 14.2. The second-order valence-corrected chi connectivity index (χ2v) is 10.8. The number of aromatic hydroxyl groups is 1. The summed E-state index contributed by atoms with van der Waals surface area (Å²) < 4.78 is 2.36. The molecule has 0 amide bonds. The summed E-state index contributed by atoms with van der Waals surface area (Å²) >= 11 is -0.554. The van der Waals surface area contributed by atoms with Crippen LogP contribution in [0.1, 0.15) is 61.3 Å². The molecule has 1 heterocycles. The molecule has 3 heteroatoms. The van der Waals surface area contributed by atoms with Crippen molar-refractivity contribution >= 4 is 39.7 Å². The number of hydrogen-bond donors (Lipinski definition) is 1. The van der Waals surface area contributed by atoms with Gasteiger partial charge in [-0.15, -0.1) is 0 Å². The van der Waals surface area contributed by atoms with Gasteiger partial charge in [-0.2, -0.15) is 0 Å². The Balaban J connectivity index is 1.69. The summed E-state index contributed by atoms with van der Waals surface area (Å²) in [7, 11) is 0. The molecular weight excluding hydrogens is 517 g/mol. The number of unbranched alkanes of at least 4 members (excludes halogenated alkanes) is 3. The van der Waals surface area contributed by atoms with Gasteiger partial charge in [-0.3, -0.25) is 0 Å². The molecule has 0 fully saturated rings. The minimum atomic E-state index is -0.554. The van der Waals surface area contributed by atoms with Crippen molar-refractivity contribution < 1.29 is 5.11 Å². The van der Waals surface area contributed by atoms with E-state index in [1.54, 1.807) is 0 Å². The molecule has 0 aromatic heterocycles. The van der Waals surface area contributed by atoms with Gasteiger partial charge < -0.3 is 5.11 Å². The van der Waals surface area contributed by atoms with Crippen molar-refractivity contribution in [2.75, 3.05) is 0 Å². The van der Waals surface area contributed by atoms with Crippen LogP contribution in [0.4, 0.5) is 0 Å². The summed E-state index contributed by atoms with van der Waals surface area (Å²) in [5, 5.41) is 11.0. The molecule has 0 bridgehead atoms. The third-order valence-electron chi connectivity index (χ3n) is 5.58. The van der Waals surface area contributed by atoms with Crippen molar-refractivity contribution in [2.24, 2.45) is 4.99 Å². The summed E-state index contributed by atoms with van der Waals surface area (Å²) in [6, 6.07) is 26.9. The number of benzene rings is 3. The zero-order valence-electron chi connectivity index (χ0n) is 19.0. The van der Waals surface area contributed by atoms with Crippen LogP contribution in [-0.2, 0) is 0 Å². The Morgan fingerprint density at radius 1 is 0.909 bits per heavy atom. The van der Waals surface area contributed by atoms with E-state index in [1.807, 2.05) is 18.2 Å². The Kier molecular flexibility index (Phi) is 8.42. The molecule has 0 radical (unpaired) electrons. The van der Waals surface area contributed by atoms with E-state index in [1.165, 1.54) is 28.4 Å². The number of phenols is 1. The van der Waals surface area contributed by atoms with Gasteiger partial charge in [0.25, 0.3) is 0 Å². The van der Waals surface area contributed by atoms with Crippen molar-refractivity contribution in [1.29, 1.82) is 0 Å². The van der Waals surface area contributed by atoms with E-state index in [2.05, 4.69) is 85.8 Å². The van der Waals surface area contributed by atoms with Gasteiger partial charge in [-0.1, -0.05) is 125 Å². The number of nitrogens with zero attached hydrogens (tertiary/aromatic N) is 1. The molecule has 0 spiro atoms. The van der Waals surface area contributed by atoms with Crippen molar-refractivity contribution in [3.8, 4) is 5.75 Å². The lowest BCUT2D eigenvalue weighted by Crippen LogP contribution is -2.04. The predicted octanol–water partition coefficient (Wildman–Crippen LogP) is 8.37. The second kappa shape index (κ2) is 11.9. The van der Waals surface area contributed by atoms with Crippen LogP contribution >= 0.6 is 20.7 Å². The average Bonchev–Trinajstić information content (AvgIpc) is 3.08. The monoisotopic (exact) mass is 547 g/mol. The molecule has 1 N–H and O–H groups in total. The minimum Gasteiger partial charge on any atom is -0.507 e. The SMILES string of the molecule is CCCCC/C=C\c1ccc(C2=IC(c3ccccc3)=CCC(c3ccccc3)=N2)c(O)c1. The minimum absolute atomic E-state index is 0.311. The third kappa shape index (κ3) is 6.38. The summed E-state index contributed by atoms with van der Waals surface area (Å²) in [5.41, 5.74) is 5.32. The fourth-order valence-corrected chi connectivity index (χ4v) is 6.58. The van der Waals surface area contributed by atoms with Gasteiger partial charge in [0.2, 0.25) is 0 Å². The van der Waals surface area contributed by atoms with Crippen LogP contribution in [0, 0.1) is 0 Å². The van der Waals surface area contributed by atoms with Gasteiger partial charge >= 0.3 is 0 Å². The van der Waals surface area contributed by atoms with Crippen LogP contribution in [0.15, 0.2) is 96.0 Å². The van der Waals surface area contributed by atoms with Gasteiger partial charge in [0, 0.05) is 15.6 Å². The van der Waals surface area contributed by atoms with Gasteiger partial charge in [-0.05, 0) is 41.7 Å². The average molecular weight is 547 g/mol. The Labute approximate surface area is 207 Å². The van der Waals surface area contributed by atoms with E-state index < -0.39 is 20.7 Å². The van der Waals surface area contributed by atoms with Gasteiger partial charge in [-0.25, -0.2) is 4.99 Å². The smallest absolute Gasteiger partial charge is 0.126 e. The highest BCUT2D eigenvalue weighted by molar-refractivity contribution is 14.2. The lowest BCUT2D eigenvalue weighted by molar-refractivity contribution is 0.474. The predicted molar refractivity (Wildman–Crippen MR) is 151 cm³/mol. The van der Waals surface area contributed by atoms with Crippen LogP contribution < -0.4 is 0 Å². The van der Waals surface area contributed by atoms with E-state index >= 15 is 0 Å². The van der Waals surface area contributed by atoms with E-state index in [9.17, 15) is 5.11 Å². The zero-order valence-corrected chi connectivity index (χ0v) is 21.2. The number of phenolic OH excluding ortho intramolecular Hbond substituents is 1. The number of allylic oxidation sites excluding steroid dienone is 2. The third-order valence-corrected chi connectivity index (χ3v) is 8.56. The molecule has 1 aliphatic rings. The Morgan fingerprint density at radius 3 is 2.33 bits per heavy atom. The van der Waals surface area contributed by atoms with Crippen LogP contribution in [0.2, 0.25) is 0 Å². The van der Waals surface area contributed by atoms with Crippen molar-refractivity contribution in [2.45, 2.75) is 39.0 Å². The second-order valence-electron chi connectivity index (χ2n) is 8.11. The van der Waals surface area contributed by atoms with Crippen LogP contribution in [0.3, 0.4) is 0 Å². The molecule has 0 atom stereocenters. The largest absolute Gasteiger partial charge is 0.507 e. The summed E-state index contributed by atoms with van der Waals surface area (Å²) in [5.74, 6) is 0.311. The molecule has 3 aromatic rings. The highest BCUT2D eigenvalue weighted by Crippen LogP contribution is 2.35. The standard InChI is InChI=1S/C30H30INO/c1-2-3-4-5-8-13-23-18-19-26(29(33)22-23)30-31-27(24-14-9-6-10-15-24)20-21-28(32-30)25-16-11-7-12-17-25/h6-20,22,33H,2-5,21H2,1H3/b13-8-. The van der Waals surface area contributed by atoms with Gasteiger partial charge in [0.05, 0.1) is 5.71 Å². The molecular formula is C30H30INO. The first-order valence-electron chi connectivity index (χ1n) is 11.6. The maximum Gasteiger partial charge on any atom is 0.126 e. The highest BCUT2D eigenvalue weighted by atomic mass is 127. The molecule has 168 valence electrons. The Bertz CT molecular complexity index is 1190. The number of hydrogen-bond acceptors (Lipinski definition) is 2. The molecule has 0 saturated heterocycles. The van der Waals surface area contributed by atoms with Gasteiger partial charge in [0.15, 0.2) is 0 Å². The first-order valence-corrected chi connectivity index (χ1v) is 13.8. The summed E-state index contributed by atoms with van der Waals surface area (Å²) in [4.78, 5) is 5.13. The molecule has 1 aliphatic heterocycles. The number of aliphatic imine (C=N–C) groups is 1.